The molecule has 2 aromatic carbocycles. The van der Waals surface area contributed by atoms with Crippen LogP contribution in [0.3, 0.4) is 0 Å². The highest BCUT2D eigenvalue weighted by Crippen LogP contribution is 2.44. The Morgan fingerprint density at radius 2 is 1.91 bits per heavy atom. The quantitative estimate of drug-likeness (QED) is 0.226. The first kappa shape index (κ1) is 27.0. The van der Waals surface area contributed by atoms with E-state index in [2.05, 4.69) is 45.3 Å². The van der Waals surface area contributed by atoms with Crippen molar-refractivity contribution >= 4 is 23.4 Å². The monoisotopic (exact) mass is 574 g/mol. The van der Waals surface area contributed by atoms with Crippen molar-refractivity contribution in [1.82, 2.24) is 19.0 Å². The number of benzene rings is 2. The summed E-state index contributed by atoms with van der Waals surface area (Å²) in [5.41, 5.74) is 5.73. The lowest BCUT2D eigenvalue weighted by molar-refractivity contribution is -0.118. The molecule has 2 atom stereocenters. The van der Waals surface area contributed by atoms with Crippen LogP contribution in [0, 0.1) is 12.5 Å². The second-order valence-corrected chi connectivity index (χ2v) is 13.0. The van der Waals surface area contributed by atoms with Gasteiger partial charge in [-0.25, -0.2) is 14.6 Å². The summed E-state index contributed by atoms with van der Waals surface area (Å²) in [6, 6.07) is 16.0. The van der Waals surface area contributed by atoms with E-state index in [9.17, 15) is 9.59 Å². The van der Waals surface area contributed by atoms with Crippen molar-refractivity contribution in [3.8, 4) is 28.3 Å². The Hall–Kier alpha value is -4.84. The molecular weight excluding hydrogens is 540 g/mol. The molecule has 2 saturated heterocycles. The highest BCUT2D eigenvalue weighted by atomic mass is 16.6. The van der Waals surface area contributed by atoms with Crippen LogP contribution >= 0.6 is 0 Å². The Labute approximate surface area is 251 Å². The molecule has 3 aliphatic rings. The van der Waals surface area contributed by atoms with Gasteiger partial charge in [-0.15, -0.1) is 0 Å². The Morgan fingerprint density at radius 3 is 2.60 bits per heavy atom. The molecule has 9 nitrogen and oxygen atoms in total. The number of aromatic nitrogens is 3. The number of anilines is 1. The number of carbonyl (C=O) groups is 2. The summed E-state index contributed by atoms with van der Waals surface area (Å²) in [6.45, 7) is 16.8. The van der Waals surface area contributed by atoms with Crippen molar-refractivity contribution < 1.29 is 14.3 Å². The van der Waals surface area contributed by atoms with Crippen LogP contribution in [0.15, 0.2) is 67.1 Å². The molecule has 0 radical (unpaired) electrons. The summed E-state index contributed by atoms with van der Waals surface area (Å²) < 4.78 is 9.97. The number of amides is 2. The maximum absolute atomic E-state index is 13.4. The lowest BCUT2D eigenvalue weighted by atomic mass is 9.75. The predicted octanol–water partition coefficient (Wildman–Crippen LogP) is 6.67. The standard InChI is InChI=1S/C34H34N6O3/c1-33(2,3)43-32(42)40-14-12-34(40,4)25-18-30(41)39(21-25)27-10-11-28-24(16-27)20-37-19-23(22-6-8-26(35-5)9-7-22)17-29(37)31-36-13-15-38(28)31/h6-11,13,15-17,19,25H,12,14,18,20-21H2,1-4H3. The lowest BCUT2D eigenvalue weighted by Crippen LogP contribution is -2.65. The largest absolute Gasteiger partial charge is 0.444 e. The Kier molecular flexibility index (Phi) is 6.03. The van der Waals surface area contributed by atoms with Gasteiger partial charge in [-0.2, -0.15) is 0 Å². The topological polar surface area (TPSA) is 77.0 Å². The fourth-order valence-corrected chi connectivity index (χ4v) is 6.68. The number of ether oxygens (including phenoxy) is 1. The highest BCUT2D eigenvalue weighted by molar-refractivity contribution is 5.96. The smallest absolute Gasteiger partial charge is 0.410 e. The third-order valence-corrected chi connectivity index (χ3v) is 9.15. The number of likely N-dealkylation sites (tertiary alicyclic amines) is 1. The van der Waals surface area contributed by atoms with Gasteiger partial charge in [0, 0.05) is 61.8 Å². The maximum Gasteiger partial charge on any atom is 0.410 e. The minimum atomic E-state index is -0.564. The van der Waals surface area contributed by atoms with Crippen molar-refractivity contribution in [3.05, 3.63) is 84.1 Å². The molecule has 0 aliphatic carbocycles. The van der Waals surface area contributed by atoms with Crippen molar-refractivity contribution in [1.29, 1.82) is 0 Å². The minimum absolute atomic E-state index is 0.0215. The second-order valence-electron chi connectivity index (χ2n) is 13.0. The van der Waals surface area contributed by atoms with E-state index in [0.29, 0.717) is 31.7 Å². The number of nitrogens with zero attached hydrogens (tertiary/aromatic N) is 6. The first-order chi connectivity index (χ1) is 20.5. The normalized spacial score (nSPS) is 20.9. The number of hydrogen-bond acceptors (Lipinski definition) is 4. The van der Waals surface area contributed by atoms with E-state index in [4.69, 9.17) is 16.3 Å². The van der Waals surface area contributed by atoms with E-state index in [0.717, 1.165) is 46.0 Å². The second kappa shape index (κ2) is 9.60. The molecule has 9 heteroatoms. The number of imidazole rings is 1. The molecule has 3 aliphatic heterocycles. The average molecular weight is 575 g/mol. The van der Waals surface area contributed by atoms with E-state index in [1.165, 1.54) is 0 Å². The van der Waals surface area contributed by atoms with Crippen LogP contribution in [0.25, 0.3) is 33.2 Å². The highest BCUT2D eigenvalue weighted by Gasteiger charge is 2.53. The van der Waals surface area contributed by atoms with Gasteiger partial charge in [0.05, 0.1) is 23.5 Å². The van der Waals surface area contributed by atoms with Gasteiger partial charge < -0.3 is 19.1 Å². The van der Waals surface area contributed by atoms with Crippen LogP contribution in [0.2, 0.25) is 0 Å². The summed E-state index contributed by atoms with van der Waals surface area (Å²) in [7, 11) is 0. The number of rotatable bonds is 3. The zero-order chi connectivity index (χ0) is 30.1. The number of fused-ring (bicyclic) bond motifs is 5. The fraction of sp³-hybridized carbons (Fsp3) is 0.353. The molecule has 2 amide bonds. The van der Waals surface area contributed by atoms with E-state index in [1.807, 2.05) is 68.4 Å². The SMILES string of the molecule is [C-]#[N+]c1ccc(-c2cc3n(c2)Cc2cc(N4CC(C5(C)CCN5C(=O)OC(C)(C)C)CC4=O)ccc2-n2ccnc2-3)cc1. The Bertz CT molecular complexity index is 1800. The summed E-state index contributed by atoms with van der Waals surface area (Å²) in [6.07, 6.45) is 6.85. The third-order valence-electron chi connectivity index (χ3n) is 9.15. The molecule has 4 aromatic rings. The van der Waals surface area contributed by atoms with Crippen molar-refractivity contribution in [2.24, 2.45) is 5.92 Å². The minimum Gasteiger partial charge on any atom is -0.444 e. The number of carbonyl (C=O) groups excluding carboxylic acids is 2. The van der Waals surface area contributed by atoms with Crippen molar-refractivity contribution in [2.75, 3.05) is 18.0 Å². The van der Waals surface area contributed by atoms with Gasteiger partial charge >= 0.3 is 6.09 Å². The van der Waals surface area contributed by atoms with Gasteiger partial charge in [-0.3, -0.25) is 9.36 Å². The van der Waals surface area contributed by atoms with Crippen molar-refractivity contribution in [3.63, 3.8) is 0 Å². The molecule has 2 fully saturated rings. The van der Waals surface area contributed by atoms with E-state index < -0.39 is 11.1 Å². The Balaban J connectivity index is 1.18. The first-order valence-corrected chi connectivity index (χ1v) is 14.7. The van der Waals surface area contributed by atoms with E-state index in [1.54, 1.807) is 4.90 Å². The molecule has 218 valence electrons. The predicted molar refractivity (Wildman–Crippen MR) is 164 cm³/mol. The van der Waals surface area contributed by atoms with Crippen LogP contribution in [0.1, 0.15) is 46.1 Å². The summed E-state index contributed by atoms with van der Waals surface area (Å²) >= 11 is 0. The summed E-state index contributed by atoms with van der Waals surface area (Å²) in [5, 5.41) is 0. The molecule has 0 bridgehead atoms. The Morgan fingerprint density at radius 1 is 1.12 bits per heavy atom. The van der Waals surface area contributed by atoms with Gasteiger partial charge in [-0.1, -0.05) is 24.3 Å². The van der Waals surface area contributed by atoms with Gasteiger partial charge in [0.25, 0.3) is 0 Å². The van der Waals surface area contributed by atoms with Gasteiger partial charge in [0.2, 0.25) is 5.91 Å². The van der Waals surface area contributed by atoms with Gasteiger partial charge in [-0.05, 0) is 69.5 Å². The molecule has 2 aromatic heterocycles. The lowest BCUT2D eigenvalue weighted by Gasteiger charge is -2.53. The average Bonchev–Trinajstić information content (AvgIpc) is 3.68. The van der Waals surface area contributed by atoms with E-state index in [-0.39, 0.29) is 17.9 Å². The fourth-order valence-electron chi connectivity index (χ4n) is 6.68. The number of hydrogen-bond donors (Lipinski definition) is 0. The maximum atomic E-state index is 13.4. The van der Waals surface area contributed by atoms with Crippen LogP contribution in [-0.2, 0) is 16.1 Å². The van der Waals surface area contributed by atoms with Crippen LogP contribution < -0.4 is 4.90 Å². The van der Waals surface area contributed by atoms with Gasteiger partial charge in [0.1, 0.15) is 5.60 Å². The zero-order valence-electron chi connectivity index (χ0n) is 24.9. The summed E-state index contributed by atoms with van der Waals surface area (Å²) in [4.78, 5) is 38.2. The molecule has 2 unspecified atom stereocenters. The molecule has 0 saturated carbocycles. The third kappa shape index (κ3) is 4.49. The van der Waals surface area contributed by atoms with Crippen LogP contribution in [-0.4, -0.2) is 55.2 Å². The first-order valence-electron chi connectivity index (χ1n) is 14.7. The van der Waals surface area contributed by atoms with Crippen LogP contribution in [0.4, 0.5) is 16.2 Å². The zero-order valence-corrected chi connectivity index (χ0v) is 24.9. The molecule has 0 N–H and O–H groups in total. The van der Waals surface area contributed by atoms with Crippen molar-refractivity contribution in [2.45, 2.75) is 58.2 Å². The summed E-state index contributed by atoms with van der Waals surface area (Å²) in [5.74, 6) is 0.951. The molecule has 0 spiro atoms. The molecular formula is C34H34N6O3. The van der Waals surface area contributed by atoms with Crippen LogP contribution in [0.5, 0.6) is 0 Å². The molecule has 7 rings (SSSR count). The molecule has 43 heavy (non-hydrogen) atoms. The van der Waals surface area contributed by atoms with Gasteiger partial charge in [0.15, 0.2) is 11.5 Å². The molecule has 5 heterocycles. The van der Waals surface area contributed by atoms with E-state index >= 15 is 0 Å².